The topological polar surface area (TPSA) is 70.2 Å². The van der Waals surface area contributed by atoms with Crippen molar-refractivity contribution in [2.24, 2.45) is 0 Å². The molecule has 0 atom stereocenters. The molecule has 3 aromatic rings. The summed E-state index contributed by atoms with van der Waals surface area (Å²) in [4.78, 5) is 26.7. The molecule has 23 heavy (non-hydrogen) atoms. The van der Waals surface area contributed by atoms with Crippen LogP contribution in [0.25, 0.3) is 22.2 Å². The van der Waals surface area contributed by atoms with Crippen LogP contribution in [0.3, 0.4) is 0 Å². The van der Waals surface area contributed by atoms with Crippen LogP contribution in [0.5, 0.6) is 0 Å². The van der Waals surface area contributed by atoms with Crippen LogP contribution in [0, 0.1) is 11.6 Å². The maximum absolute atomic E-state index is 13.4. The number of carboxylic acids is 1. The van der Waals surface area contributed by atoms with Crippen LogP contribution in [0.15, 0.2) is 41.2 Å². The summed E-state index contributed by atoms with van der Waals surface area (Å²) in [5, 5.41) is 9.72. The largest absolute Gasteiger partial charge is 0.477 e. The third kappa shape index (κ3) is 2.57. The third-order valence-electron chi connectivity index (χ3n) is 3.39. The van der Waals surface area contributed by atoms with Gasteiger partial charge in [-0.05, 0) is 36.4 Å². The van der Waals surface area contributed by atoms with Gasteiger partial charge in [-0.15, -0.1) is 0 Å². The lowest BCUT2D eigenvalue weighted by Gasteiger charge is -2.09. The fraction of sp³-hybridized carbons (Fsp3) is 0. The number of fused-ring (bicyclic) bond motifs is 1. The molecule has 0 unspecified atom stereocenters. The van der Waals surface area contributed by atoms with Gasteiger partial charge in [-0.3, -0.25) is 4.79 Å². The van der Waals surface area contributed by atoms with Gasteiger partial charge in [-0.25, -0.2) is 13.6 Å². The Labute approximate surface area is 133 Å². The van der Waals surface area contributed by atoms with Crippen molar-refractivity contribution in [2.75, 3.05) is 0 Å². The van der Waals surface area contributed by atoms with Crippen LogP contribution in [-0.4, -0.2) is 16.1 Å². The number of aromatic nitrogens is 1. The minimum atomic E-state index is -1.48. The Morgan fingerprint density at radius 2 is 1.83 bits per heavy atom. The number of benzene rings is 2. The van der Waals surface area contributed by atoms with Gasteiger partial charge in [0.2, 0.25) is 5.43 Å². The first-order valence-corrected chi connectivity index (χ1v) is 6.80. The molecule has 2 aromatic carbocycles. The fourth-order valence-corrected chi connectivity index (χ4v) is 2.50. The molecule has 4 nitrogen and oxygen atoms in total. The number of hydrogen-bond acceptors (Lipinski definition) is 2. The molecule has 0 radical (unpaired) electrons. The van der Waals surface area contributed by atoms with Crippen LogP contribution < -0.4 is 5.43 Å². The summed E-state index contributed by atoms with van der Waals surface area (Å²) in [6, 6.07) is 7.26. The number of halogens is 3. The monoisotopic (exact) mass is 335 g/mol. The molecule has 0 saturated carbocycles. The Kier molecular flexibility index (Phi) is 3.61. The molecule has 7 heteroatoms. The summed E-state index contributed by atoms with van der Waals surface area (Å²) in [7, 11) is 0. The van der Waals surface area contributed by atoms with Gasteiger partial charge < -0.3 is 10.1 Å². The molecule has 1 aromatic heterocycles. The van der Waals surface area contributed by atoms with E-state index in [1.807, 2.05) is 0 Å². The molecule has 0 spiro atoms. The van der Waals surface area contributed by atoms with Gasteiger partial charge in [0, 0.05) is 21.5 Å². The second-order valence-corrected chi connectivity index (χ2v) is 5.26. The van der Waals surface area contributed by atoms with Gasteiger partial charge >= 0.3 is 5.97 Å². The van der Waals surface area contributed by atoms with E-state index in [1.165, 1.54) is 24.3 Å². The number of carboxylic acid groups (broad SMARTS) is 1. The third-order valence-corrected chi connectivity index (χ3v) is 3.62. The lowest BCUT2D eigenvalue weighted by Crippen LogP contribution is -2.18. The highest BCUT2D eigenvalue weighted by Gasteiger charge is 2.20. The summed E-state index contributed by atoms with van der Waals surface area (Å²) >= 11 is 5.83. The van der Waals surface area contributed by atoms with E-state index in [2.05, 4.69) is 4.98 Å². The maximum Gasteiger partial charge on any atom is 0.341 e. The minimum Gasteiger partial charge on any atom is -0.477 e. The number of nitrogens with one attached hydrogen (secondary N) is 1. The zero-order valence-corrected chi connectivity index (χ0v) is 12.1. The highest BCUT2D eigenvalue weighted by atomic mass is 35.5. The van der Waals surface area contributed by atoms with Crippen LogP contribution in [-0.2, 0) is 0 Å². The van der Waals surface area contributed by atoms with E-state index in [0.717, 1.165) is 12.1 Å². The summed E-state index contributed by atoms with van der Waals surface area (Å²) in [5.41, 5.74) is -1.03. The van der Waals surface area contributed by atoms with Crippen molar-refractivity contribution in [3.8, 4) is 11.3 Å². The zero-order chi connectivity index (χ0) is 16.7. The Morgan fingerprint density at radius 3 is 2.48 bits per heavy atom. The summed E-state index contributed by atoms with van der Waals surface area (Å²) in [5.74, 6) is -3.69. The fourth-order valence-electron chi connectivity index (χ4n) is 2.33. The average molecular weight is 336 g/mol. The number of aromatic carboxylic acids is 1. The molecule has 0 saturated heterocycles. The van der Waals surface area contributed by atoms with Crippen LogP contribution >= 0.6 is 11.6 Å². The molecule has 0 aliphatic carbocycles. The van der Waals surface area contributed by atoms with E-state index in [9.17, 15) is 23.5 Å². The first kappa shape index (κ1) is 15.2. The zero-order valence-electron chi connectivity index (χ0n) is 11.4. The molecule has 3 rings (SSSR count). The van der Waals surface area contributed by atoms with E-state index in [0.29, 0.717) is 5.52 Å². The second kappa shape index (κ2) is 5.48. The van der Waals surface area contributed by atoms with Crippen molar-refractivity contribution in [3.05, 3.63) is 68.8 Å². The molecule has 0 bridgehead atoms. The van der Waals surface area contributed by atoms with Gasteiger partial charge in [-0.1, -0.05) is 11.6 Å². The number of carbonyl (C=O) groups is 1. The van der Waals surface area contributed by atoms with E-state index in [4.69, 9.17) is 11.6 Å². The number of pyridine rings is 1. The molecular formula is C16H8ClF2NO3. The number of aromatic amines is 1. The van der Waals surface area contributed by atoms with E-state index in [-0.39, 0.29) is 21.7 Å². The quantitative estimate of drug-likeness (QED) is 0.748. The van der Waals surface area contributed by atoms with E-state index in [1.54, 1.807) is 0 Å². The summed E-state index contributed by atoms with van der Waals surface area (Å²) < 4.78 is 26.5. The molecule has 2 N–H and O–H groups in total. The van der Waals surface area contributed by atoms with Crippen molar-refractivity contribution in [1.82, 2.24) is 4.98 Å². The van der Waals surface area contributed by atoms with E-state index >= 15 is 0 Å². The van der Waals surface area contributed by atoms with Crippen molar-refractivity contribution >= 4 is 28.5 Å². The Bertz CT molecular complexity index is 1010. The predicted octanol–water partition coefficient (Wildman–Crippen LogP) is 3.82. The van der Waals surface area contributed by atoms with Crippen LogP contribution in [0.4, 0.5) is 8.78 Å². The normalized spacial score (nSPS) is 10.9. The Balaban J connectivity index is 2.42. The lowest BCUT2D eigenvalue weighted by atomic mass is 10.0. The predicted molar refractivity (Wildman–Crippen MR) is 81.9 cm³/mol. The number of rotatable bonds is 2. The molecule has 0 aliphatic heterocycles. The van der Waals surface area contributed by atoms with Gasteiger partial charge in [0.1, 0.15) is 5.56 Å². The molecule has 1 heterocycles. The van der Waals surface area contributed by atoms with Crippen molar-refractivity contribution in [3.63, 3.8) is 0 Å². The van der Waals surface area contributed by atoms with E-state index < -0.39 is 28.6 Å². The Hall–Kier alpha value is -2.73. The molecule has 0 aliphatic rings. The number of hydrogen-bond donors (Lipinski definition) is 2. The highest BCUT2D eigenvalue weighted by Crippen LogP contribution is 2.25. The van der Waals surface area contributed by atoms with Gasteiger partial charge in [0.15, 0.2) is 11.6 Å². The highest BCUT2D eigenvalue weighted by molar-refractivity contribution is 6.31. The summed E-state index contributed by atoms with van der Waals surface area (Å²) in [6.45, 7) is 0. The van der Waals surface area contributed by atoms with Gasteiger partial charge in [0.25, 0.3) is 0 Å². The number of H-pyrrole nitrogens is 1. The first-order valence-electron chi connectivity index (χ1n) is 6.42. The minimum absolute atomic E-state index is 0.0512. The summed E-state index contributed by atoms with van der Waals surface area (Å²) in [6.07, 6.45) is 0. The van der Waals surface area contributed by atoms with Gasteiger partial charge in [-0.2, -0.15) is 0 Å². The Morgan fingerprint density at radius 1 is 1.09 bits per heavy atom. The van der Waals surface area contributed by atoms with Crippen molar-refractivity contribution in [1.29, 1.82) is 0 Å². The van der Waals surface area contributed by atoms with Crippen molar-refractivity contribution in [2.45, 2.75) is 0 Å². The molecular weight excluding hydrogens is 328 g/mol. The van der Waals surface area contributed by atoms with Crippen molar-refractivity contribution < 1.29 is 18.7 Å². The maximum atomic E-state index is 13.4. The first-order chi connectivity index (χ1) is 10.9. The molecule has 0 fully saturated rings. The smallest absolute Gasteiger partial charge is 0.341 e. The second-order valence-electron chi connectivity index (χ2n) is 4.83. The van der Waals surface area contributed by atoms with Crippen LogP contribution in [0.1, 0.15) is 10.4 Å². The molecule has 0 amide bonds. The average Bonchev–Trinajstić information content (AvgIpc) is 2.50. The van der Waals surface area contributed by atoms with Crippen LogP contribution in [0.2, 0.25) is 5.02 Å². The molecule has 116 valence electrons. The SMILES string of the molecule is O=C(O)c1c(-c2ccc(F)c(F)c2)[nH]c2ccc(Cl)cc2c1=O. The van der Waals surface area contributed by atoms with Gasteiger partial charge in [0.05, 0.1) is 5.69 Å². The standard InChI is InChI=1S/C16H8ClF2NO3/c17-8-2-4-12-9(6-8)15(21)13(16(22)23)14(20-12)7-1-3-10(18)11(19)5-7/h1-6H,(H,20,21)(H,22,23). The lowest BCUT2D eigenvalue weighted by molar-refractivity contribution is 0.0696.